The van der Waals surface area contributed by atoms with Gasteiger partial charge in [-0.1, -0.05) is 60.7 Å². The fourth-order valence-electron chi connectivity index (χ4n) is 2.12. The normalized spacial score (nSPS) is 15.8. The van der Waals surface area contributed by atoms with E-state index in [0.717, 1.165) is 16.8 Å². The third-order valence-electron chi connectivity index (χ3n) is 3.06. The van der Waals surface area contributed by atoms with Crippen molar-refractivity contribution in [3.63, 3.8) is 0 Å². The summed E-state index contributed by atoms with van der Waals surface area (Å²) in [6, 6.07) is 17.7. The average Bonchev–Trinajstić information content (AvgIpc) is 2.76. The van der Waals surface area contributed by atoms with Gasteiger partial charge >= 0.3 is 0 Å². The molecule has 0 fully saturated rings. The molecule has 1 aliphatic heterocycles. The number of carbonyl (C=O) groups excluding carboxylic acids is 1. The zero-order valence-corrected chi connectivity index (χ0v) is 10.3. The molecule has 0 unspecified atom stereocenters. The molecule has 1 amide bonds. The summed E-state index contributed by atoms with van der Waals surface area (Å²) in [5.74, 6) is -0.0427. The molecule has 2 nitrogen and oxygen atoms in total. The van der Waals surface area contributed by atoms with Gasteiger partial charge in [0.15, 0.2) is 0 Å². The second-order valence-electron chi connectivity index (χ2n) is 4.35. The largest absolute Gasteiger partial charge is 0.321 e. The standard InChI is InChI=1S/C17H13NO/c19-17-15(14-10-4-5-12-16(14)18-17)11-6-9-13-7-2-1-3-8-13/h1-12H,(H,18,19)/b9-6-,15-11+. The highest BCUT2D eigenvalue weighted by Gasteiger charge is 2.22. The minimum Gasteiger partial charge on any atom is -0.321 e. The summed E-state index contributed by atoms with van der Waals surface area (Å²) in [6.07, 6.45) is 5.75. The Hall–Kier alpha value is -2.61. The van der Waals surface area contributed by atoms with E-state index in [-0.39, 0.29) is 5.91 Å². The van der Waals surface area contributed by atoms with E-state index in [1.54, 1.807) is 0 Å². The van der Waals surface area contributed by atoms with E-state index in [0.29, 0.717) is 5.57 Å². The molecule has 19 heavy (non-hydrogen) atoms. The Morgan fingerprint density at radius 2 is 1.63 bits per heavy atom. The summed E-state index contributed by atoms with van der Waals surface area (Å²) >= 11 is 0. The molecule has 1 heterocycles. The van der Waals surface area contributed by atoms with Crippen molar-refractivity contribution in [1.82, 2.24) is 0 Å². The Bertz CT molecular complexity index is 669. The van der Waals surface area contributed by atoms with Gasteiger partial charge in [-0.3, -0.25) is 4.79 Å². The lowest BCUT2D eigenvalue weighted by Crippen LogP contribution is -2.03. The van der Waals surface area contributed by atoms with Gasteiger partial charge in [-0.15, -0.1) is 0 Å². The summed E-state index contributed by atoms with van der Waals surface area (Å²) in [7, 11) is 0. The van der Waals surface area contributed by atoms with Crippen molar-refractivity contribution < 1.29 is 4.79 Å². The Morgan fingerprint density at radius 3 is 2.47 bits per heavy atom. The number of allylic oxidation sites excluding steroid dienone is 2. The number of hydrogen-bond donors (Lipinski definition) is 1. The van der Waals surface area contributed by atoms with Crippen LogP contribution in [0.3, 0.4) is 0 Å². The van der Waals surface area contributed by atoms with Crippen LogP contribution < -0.4 is 5.32 Å². The number of hydrogen-bond acceptors (Lipinski definition) is 1. The van der Waals surface area contributed by atoms with Crippen LogP contribution >= 0.6 is 0 Å². The van der Waals surface area contributed by atoms with E-state index >= 15 is 0 Å². The van der Waals surface area contributed by atoms with Gasteiger partial charge < -0.3 is 5.32 Å². The van der Waals surface area contributed by atoms with E-state index in [4.69, 9.17) is 0 Å². The molecular weight excluding hydrogens is 234 g/mol. The van der Waals surface area contributed by atoms with E-state index < -0.39 is 0 Å². The van der Waals surface area contributed by atoms with Crippen LogP contribution in [-0.2, 0) is 4.79 Å². The molecule has 0 spiro atoms. The highest BCUT2D eigenvalue weighted by Crippen LogP contribution is 2.31. The molecule has 0 bridgehead atoms. The highest BCUT2D eigenvalue weighted by atomic mass is 16.1. The molecule has 0 radical (unpaired) electrons. The molecule has 0 aliphatic carbocycles. The van der Waals surface area contributed by atoms with E-state index in [2.05, 4.69) is 5.32 Å². The minimum atomic E-state index is -0.0427. The molecule has 3 rings (SSSR count). The second kappa shape index (κ2) is 4.94. The van der Waals surface area contributed by atoms with E-state index in [9.17, 15) is 4.79 Å². The third kappa shape index (κ3) is 2.33. The van der Waals surface area contributed by atoms with Crippen molar-refractivity contribution in [2.45, 2.75) is 0 Å². The monoisotopic (exact) mass is 247 g/mol. The van der Waals surface area contributed by atoms with Crippen LogP contribution in [0.2, 0.25) is 0 Å². The number of amides is 1. The van der Waals surface area contributed by atoms with Crippen LogP contribution in [0.1, 0.15) is 11.1 Å². The van der Waals surface area contributed by atoms with Crippen LogP contribution in [0.4, 0.5) is 5.69 Å². The number of para-hydroxylation sites is 1. The molecule has 0 aromatic heterocycles. The summed E-state index contributed by atoms with van der Waals surface area (Å²) in [6.45, 7) is 0. The van der Waals surface area contributed by atoms with Gasteiger partial charge in [-0.05, 0) is 17.7 Å². The lowest BCUT2D eigenvalue weighted by atomic mass is 10.1. The van der Waals surface area contributed by atoms with Crippen LogP contribution in [0.15, 0.2) is 66.7 Å². The molecule has 0 atom stereocenters. The highest BCUT2D eigenvalue weighted by molar-refractivity contribution is 6.31. The van der Waals surface area contributed by atoms with Gasteiger partial charge in [0.2, 0.25) is 0 Å². The first-order valence-corrected chi connectivity index (χ1v) is 6.19. The van der Waals surface area contributed by atoms with Crippen molar-refractivity contribution in [1.29, 1.82) is 0 Å². The number of rotatable bonds is 2. The SMILES string of the molecule is O=C1Nc2ccccc2/C1=C\C=C/c1ccccc1. The maximum absolute atomic E-state index is 11.9. The number of nitrogens with one attached hydrogen (secondary N) is 1. The smallest absolute Gasteiger partial charge is 0.256 e. The van der Waals surface area contributed by atoms with Gasteiger partial charge in [0.25, 0.3) is 5.91 Å². The van der Waals surface area contributed by atoms with Gasteiger partial charge in [0.1, 0.15) is 0 Å². The Labute approximate surface area is 112 Å². The molecule has 2 aromatic rings. The number of carbonyl (C=O) groups is 1. The van der Waals surface area contributed by atoms with Crippen molar-refractivity contribution in [2.24, 2.45) is 0 Å². The molecule has 2 aromatic carbocycles. The Morgan fingerprint density at radius 1 is 0.895 bits per heavy atom. The van der Waals surface area contributed by atoms with Crippen molar-refractivity contribution in [2.75, 3.05) is 5.32 Å². The summed E-state index contributed by atoms with van der Waals surface area (Å²) < 4.78 is 0. The second-order valence-corrected chi connectivity index (χ2v) is 4.35. The molecular formula is C17H13NO. The van der Waals surface area contributed by atoms with Crippen molar-refractivity contribution in [3.8, 4) is 0 Å². The van der Waals surface area contributed by atoms with E-state index in [1.165, 1.54) is 0 Å². The predicted octanol–water partition coefficient (Wildman–Crippen LogP) is 3.74. The Kier molecular flexibility index (Phi) is 2.99. The molecule has 0 saturated carbocycles. The number of fused-ring (bicyclic) bond motifs is 1. The van der Waals surface area contributed by atoms with Gasteiger partial charge in [-0.2, -0.15) is 0 Å². The predicted molar refractivity (Wildman–Crippen MR) is 78.5 cm³/mol. The average molecular weight is 247 g/mol. The lowest BCUT2D eigenvalue weighted by Gasteiger charge is -1.95. The van der Waals surface area contributed by atoms with Crippen LogP contribution in [0.25, 0.3) is 11.6 Å². The van der Waals surface area contributed by atoms with Crippen LogP contribution in [0.5, 0.6) is 0 Å². The lowest BCUT2D eigenvalue weighted by molar-refractivity contribution is -0.110. The topological polar surface area (TPSA) is 29.1 Å². The van der Waals surface area contributed by atoms with E-state index in [1.807, 2.05) is 72.8 Å². The molecule has 2 heteroatoms. The zero-order chi connectivity index (χ0) is 13.1. The summed E-state index contributed by atoms with van der Waals surface area (Å²) in [5.41, 5.74) is 3.67. The molecule has 0 saturated heterocycles. The first-order chi connectivity index (χ1) is 9.34. The number of benzene rings is 2. The number of anilines is 1. The molecule has 92 valence electrons. The van der Waals surface area contributed by atoms with Gasteiger partial charge in [-0.25, -0.2) is 0 Å². The summed E-state index contributed by atoms with van der Waals surface area (Å²) in [5, 5.41) is 2.86. The minimum absolute atomic E-state index is 0.0427. The maximum atomic E-state index is 11.9. The summed E-state index contributed by atoms with van der Waals surface area (Å²) in [4.78, 5) is 11.9. The maximum Gasteiger partial charge on any atom is 0.256 e. The Balaban J connectivity index is 1.89. The third-order valence-corrected chi connectivity index (χ3v) is 3.06. The molecule has 1 aliphatic rings. The fourth-order valence-corrected chi connectivity index (χ4v) is 2.12. The quantitative estimate of drug-likeness (QED) is 0.805. The first-order valence-electron chi connectivity index (χ1n) is 6.19. The first kappa shape index (κ1) is 11.5. The van der Waals surface area contributed by atoms with Crippen molar-refractivity contribution in [3.05, 3.63) is 77.9 Å². The van der Waals surface area contributed by atoms with Crippen LogP contribution in [0, 0.1) is 0 Å². The van der Waals surface area contributed by atoms with Crippen molar-refractivity contribution >= 4 is 23.2 Å². The fraction of sp³-hybridized carbons (Fsp3) is 0. The van der Waals surface area contributed by atoms with Crippen LogP contribution in [-0.4, -0.2) is 5.91 Å². The van der Waals surface area contributed by atoms with Gasteiger partial charge in [0, 0.05) is 16.8 Å². The molecule has 1 N–H and O–H groups in total. The van der Waals surface area contributed by atoms with Gasteiger partial charge in [0.05, 0.1) is 0 Å². The zero-order valence-electron chi connectivity index (χ0n) is 10.3.